The van der Waals surface area contributed by atoms with Crippen LogP contribution in [0.3, 0.4) is 0 Å². The van der Waals surface area contributed by atoms with E-state index in [-0.39, 0.29) is 0 Å². The Morgan fingerprint density at radius 2 is 1.56 bits per heavy atom. The zero-order chi connectivity index (χ0) is 12.1. The highest BCUT2D eigenvalue weighted by Gasteiger charge is 2.12. The molecule has 0 aliphatic heterocycles. The van der Waals surface area contributed by atoms with Gasteiger partial charge in [0.2, 0.25) is 0 Å². The van der Waals surface area contributed by atoms with Crippen LogP contribution >= 0.6 is 0 Å². The van der Waals surface area contributed by atoms with E-state index in [1.54, 1.807) is 0 Å². The third kappa shape index (κ3) is 3.32. The summed E-state index contributed by atoms with van der Waals surface area (Å²) < 4.78 is 0. The van der Waals surface area contributed by atoms with E-state index in [9.17, 15) is 0 Å². The second-order valence-electron chi connectivity index (χ2n) is 4.86. The van der Waals surface area contributed by atoms with Crippen molar-refractivity contribution in [3.8, 4) is 0 Å². The van der Waals surface area contributed by atoms with Gasteiger partial charge in [-0.2, -0.15) is 0 Å². The Hall–Kier alpha value is -0.860. The molecule has 0 aromatic heterocycles. The molecule has 1 aromatic rings. The molecule has 0 bridgehead atoms. The standard InChI is InChI=1S/C14H24N2/c1-11(2)12-6-8-13(9-7-12)14(10-15-3)16(4)5/h6-9,11,14-15H,10H2,1-5H3. The van der Waals surface area contributed by atoms with Crippen LogP contribution in [0.2, 0.25) is 0 Å². The second-order valence-corrected chi connectivity index (χ2v) is 4.86. The summed E-state index contributed by atoms with van der Waals surface area (Å²) in [6, 6.07) is 9.43. The molecule has 2 nitrogen and oxygen atoms in total. The SMILES string of the molecule is CNCC(c1ccc(C(C)C)cc1)N(C)C. The Morgan fingerprint density at radius 1 is 1.06 bits per heavy atom. The smallest absolute Gasteiger partial charge is 0.0466 e. The molecule has 2 heteroatoms. The van der Waals surface area contributed by atoms with Crippen molar-refractivity contribution in [1.29, 1.82) is 0 Å². The molecule has 0 fully saturated rings. The maximum Gasteiger partial charge on any atom is 0.0466 e. The number of rotatable bonds is 5. The molecule has 90 valence electrons. The average molecular weight is 220 g/mol. The number of hydrogen-bond donors (Lipinski definition) is 1. The predicted molar refractivity (Wildman–Crippen MR) is 70.9 cm³/mol. The van der Waals surface area contributed by atoms with Crippen LogP contribution in [0.15, 0.2) is 24.3 Å². The molecule has 0 amide bonds. The van der Waals surface area contributed by atoms with E-state index in [0.717, 1.165) is 6.54 Å². The minimum Gasteiger partial charge on any atom is -0.318 e. The van der Waals surface area contributed by atoms with Gasteiger partial charge in [-0.05, 0) is 38.2 Å². The third-order valence-corrected chi connectivity index (χ3v) is 3.01. The van der Waals surface area contributed by atoms with Crippen LogP contribution in [-0.4, -0.2) is 32.6 Å². The van der Waals surface area contributed by atoms with Crippen molar-refractivity contribution < 1.29 is 0 Å². The maximum atomic E-state index is 3.24. The molecule has 0 aliphatic rings. The molecule has 0 aliphatic carbocycles. The Labute approximate surface area is 99.7 Å². The number of benzene rings is 1. The van der Waals surface area contributed by atoms with Crippen molar-refractivity contribution >= 4 is 0 Å². The van der Waals surface area contributed by atoms with Gasteiger partial charge in [0.15, 0.2) is 0 Å². The van der Waals surface area contributed by atoms with Crippen molar-refractivity contribution in [3.05, 3.63) is 35.4 Å². The van der Waals surface area contributed by atoms with E-state index in [0.29, 0.717) is 12.0 Å². The monoisotopic (exact) mass is 220 g/mol. The fourth-order valence-corrected chi connectivity index (χ4v) is 1.89. The fraction of sp³-hybridized carbons (Fsp3) is 0.571. The van der Waals surface area contributed by atoms with Crippen LogP contribution in [0, 0.1) is 0 Å². The zero-order valence-corrected chi connectivity index (χ0v) is 11.1. The summed E-state index contributed by atoms with van der Waals surface area (Å²) >= 11 is 0. The molecule has 1 atom stereocenters. The van der Waals surface area contributed by atoms with Crippen LogP contribution in [0.1, 0.15) is 36.9 Å². The Morgan fingerprint density at radius 3 is 1.94 bits per heavy atom. The third-order valence-electron chi connectivity index (χ3n) is 3.01. The summed E-state index contributed by atoms with van der Waals surface area (Å²) in [5.74, 6) is 0.608. The Balaban J connectivity index is 2.85. The van der Waals surface area contributed by atoms with Crippen LogP contribution in [-0.2, 0) is 0 Å². The summed E-state index contributed by atoms with van der Waals surface area (Å²) in [4.78, 5) is 2.25. The molecule has 1 N–H and O–H groups in total. The molecule has 0 saturated carbocycles. The number of nitrogens with zero attached hydrogens (tertiary/aromatic N) is 1. The topological polar surface area (TPSA) is 15.3 Å². The highest BCUT2D eigenvalue weighted by Crippen LogP contribution is 2.21. The molecule has 1 aromatic carbocycles. The van der Waals surface area contributed by atoms with Gasteiger partial charge in [-0.3, -0.25) is 0 Å². The molecule has 1 unspecified atom stereocenters. The summed E-state index contributed by atoms with van der Waals surface area (Å²) in [6.45, 7) is 5.44. The molecular weight excluding hydrogens is 196 g/mol. The Kier molecular flexibility index (Phi) is 4.97. The predicted octanol–water partition coefficient (Wildman–Crippen LogP) is 2.63. The summed E-state index contributed by atoms with van der Waals surface area (Å²) in [7, 11) is 6.25. The molecule has 0 heterocycles. The first kappa shape index (κ1) is 13.2. The lowest BCUT2D eigenvalue weighted by Crippen LogP contribution is -2.29. The van der Waals surface area contributed by atoms with E-state index in [2.05, 4.69) is 62.4 Å². The van der Waals surface area contributed by atoms with Crippen LogP contribution in [0.4, 0.5) is 0 Å². The molecule has 1 rings (SSSR count). The van der Waals surface area contributed by atoms with E-state index in [4.69, 9.17) is 0 Å². The van der Waals surface area contributed by atoms with Gasteiger partial charge in [-0.25, -0.2) is 0 Å². The van der Waals surface area contributed by atoms with Gasteiger partial charge in [0.1, 0.15) is 0 Å². The van der Waals surface area contributed by atoms with Crippen LogP contribution < -0.4 is 5.32 Å². The van der Waals surface area contributed by atoms with Crippen molar-refractivity contribution in [2.24, 2.45) is 0 Å². The molecule has 0 saturated heterocycles. The normalized spacial score (nSPS) is 13.4. The highest BCUT2D eigenvalue weighted by molar-refractivity contribution is 5.27. The highest BCUT2D eigenvalue weighted by atomic mass is 15.1. The lowest BCUT2D eigenvalue weighted by molar-refractivity contribution is 0.294. The first-order valence-corrected chi connectivity index (χ1v) is 5.97. The average Bonchev–Trinajstić information content (AvgIpc) is 2.25. The van der Waals surface area contributed by atoms with Gasteiger partial charge < -0.3 is 10.2 Å². The Bertz CT molecular complexity index is 301. The lowest BCUT2D eigenvalue weighted by Gasteiger charge is -2.24. The van der Waals surface area contributed by atoms with Crippen molar-refractivity contribution in [2.75, 3.05) is 27.7 Å². The number of hydrogen-bond acceptors (Lipinski definition) is 2. The summed E-state index contributed by atoms with van der Waals surface area (Å²) in [6.07, 6.45) is 0. The minimum atomic E-state index is 0.450. The maximum absolute atomic E-state index is 3.24. The molecular formula is C14H24N2. The summed E-state index contributed by atoms with van der Waals surface area (Å²) in [5.41, 5.74) is 2.79. The lowest BCUT2D eigenvalue weighted by atomic mass is 9.98. The first-order chi connectivity index (χ1) is 7.56. The quantitative estimate of drug-likeness (QED) is 0.820. The van der Waals surface area contributed by atoms with Gasteiger partial charge in [0, 0.05) is 12.6 Å². The molecule has 0 spiro atoms. The molecule has 16 heavy (non-hydrogen) atoms. The van der Waals surface area contributed by atoms with Gasteiger partial charge in [0.05, 0.1) is 0 Å². The van der Waals surface area contributed by atoms with Crippen molar-refractivity contribution in [1.82, 2.24) is 10.2 Å². The first-order valence-electron chi connectivity index (χ1n) is 5.97. The van der Waals surface area contributed by atoms with E-state index in [1.807, 2.05) is 7.05 Å². The van der Waals surface area contributed by atoms with E-state index < -0.39 is 0 Å². The fourth-order valence-electron chi connectivity index (χ4n) is 1.89. The van der Waals surface area contributed by atoms with Gasteiger partial charge in [-0.1, -0.05) is 38.1 Å². The van der Waals surface area contributed by atoms with E-state index >= 15 is 0 Å². The zero-order valence-electron chi connectivity index (χ0n) is 11.1. The minimum absolute atomic E-state index is 0.450. The van der Waals surface area contributed by atoms with Crippen LogP contribution in [0.5, 0.6) is 0 Å². The van der Waals surface area contributed by atoms with Crippen molar-refractivity contribution in [2.45, 2.75) is 25.8 Å². The van der Waals surface area contributed by atoms with Crippen molar-refractivity contribution in [3.63, 3.8) is 0 Å². The number of likely N-dealkylation sites (N-methyl/N-ethyl adjacent to an activating group) is 2. The van der Waals surface area contributed by atoms with Crippen LogP contribution in [0.25, 0.3) is 0 Å². The number of nitrogens with one attached hydrogen (secondary N) is 1. The van der Waals surface area contributed by atoms with E-state index in [1.165, 1.54) is 11.1 Å². The second kappa shape index (κ2) is 6.02. The summed E-state index contributed by atoms with van der Waals surface area (Å²) in [5, 5.41) is 3.24. The largest absolute Gasteiger partial charge is 0.318 e. The van der Waals surface area contributed by atoms with Gasteiger partial charge >= 0.3 is 0 Å². The van der Waals surface area contributed by atoms with Gasteiger partial charge in [-0.15, -0.1) is 0 Å². The van der Waals surface area contributed by atoms with Gasteiger partial charge in [0.25, 0.3) is 0 Å². The molecule has 0 radical (unpaired) electrons.